The molecule has 0 aliphatic carbocycles. The summed E-state index contributed by atoms with van der Waals surface area (Å²) in [5, 5.41) is 1.03. The predicted octanol–water partition coefficient (Wildman–Crippen LogP) is 4.09. The number of hydrogen-bond acceptors (Lipinski definition) is 3. The van der Waals surface area contributed by atoms with Crippen LogP contribution in [0.5, 0.6) is 0 Å². The van der Waals surface area contributed by atoms with E-state index >= 15 is 0 Å². The molecule has 0 radical (unpaired) electrons. The maximum Gasteiger partial charge on any atom is 0.138 e. The van der Waals surface area contributed by atoms with Crippen LogP contribution < -0.4 is 0 Å². The Kier molecular flexibility index (Phi) is 4.39. The second-order valence-electron chi connectivity index (χ2n) is 4.45. The number of Topliss-reactive ketones (excluding diaryl/α,β-unsaturated/α-hetero) is 1. The van der Waals surface area contributed by atoms with E-state index in [0.717, 1.165) is 28.7 Å². The van der Waals surface area contributed by atoms with Crippen LogP contribution in [0, 0.1) is 0 Å². The van der Waals surface area contributed by atoms with Gasteiger partial charge in [-0.05, 0) is 18.6 Å². The molecule has 0 atom stereocenters. The Morgan fingerprint density at radius 1 is 1.16 bits per heavy atom. The SMILES string of the molecule is CCC(=O)C/C(CC)=N\c1ccnc2ccccc12. The summed E-state index contributed by atoms with van der Waals surface area (Å²) < 4.78 is 0. The van der Waals surface area contributed by atoms with Gasteiger partial charge in [-0.15, -0.1) is 0 Å². The Labute approximate surface area is 113 Å². The lowest BCUT2D eigenvalue weighted by Gasteiger charge is -2.05. The molecule has 0 saturated heterocycles. The van der Waals surface area contributed by atoms with Crippen LogP contribution in [0.15, 0.2) is 41.5 Å². The zero-order chi connectivity index (χ0) is 13.7. The van der Waals surface area contributed by atoms with Gasteiger partial charge in [-0.2, -0.15) is 0 Å². The molecule has 0 aliphatic heterocycles. The first-order valence-corrected chi connectivity index (χ1v) is 6.66. The number of rotatable bonds is 5. The molecule has 2 rings (SSSR count). The fourth-order valence-corrected chi connectivity index (χ4v) is 1.94. The first-order chi connectivity index (χ1) is 9.24. The molecule has 0 saturated carbocycles. The van der Waals surface area contributed by atoms with Crippen molar-refractivity contribution in [3.8, 4) is 0 Å². The van der Waals surface area contributed by atoms with Gasteiger partial charge in [0.2, 0.25) is 0 Å². The van der Waals surface area contributed by atoms with E-state index in [1.807, 2.05) is 44.2 Å². The van der Waals surface area contributed by atoms with E-state index in [0.29, 0.717) is 12.8 Å². The number of hydrogen-bond donors (Lipinski definition) is 0. The highest BCUT2D eigenvalue weighted by atomic mass is 16.1. The number of aliphatic imine (C=N–C) groups is 1. The van der Waals surface area contributed by atoms with Crippen LogP contribution in [0.2, 0.25) is 0 Å². The second-order valence-corrected chi connectivity index (χ2v) is 4.45. The van der Waals surface area contributed by atoms with E-state index < -0.39 is 0 Å². The lowest BCUT2D eigenvalue weighted by atomic mass is 10.1. The molecule has 0 aliphatic rings. The van der Waals surface area contributed by atoms with Crippen molar-refractivity contribution in [1.29, 1.82) is 0 Å². The smallest absolute Gasteiger partial charge is 0.138 e. The number of aromatic nitrogens is 1. The monoisotopic (exact) mass is 254 g/mol. The number of ketones is 1. The number of benzene rings is 1. The Hall–Kier alpha value is -2.03. The van der Waals surface area contributed by atoms with Crippen molar-refractivity contribution in [2.75, 3.05) is 0 Å². The van der Waals surface area contributed by atoms with Gasteiger partial charge in [0.1, 0.15) is 5.78 Å². The molecule has 2 aromatic rings. The summed E-state index contributed by atoms with van der Waals surface area (Å²) in [4.78, 5) is 20.5. The fourth-order valence-electron chi connectivity index (χ4n) is 1.94. The average Bonchev–Trinajstić information content (AvgIpc) is 2.46. The van der Waals surface area contributed by atoms with Crippen molar-refractivity contribution in [3.05, 3.63) is 36.5 Å². The van der Waals surface area contributed by atoms with Gasteiger partial charge in [0.15, 0.2) is 0 Å². The molecule has 98 valence electrons. The van der Waals surface area contributed by atoms with Crippen molar-refractivity contribution >= 4 is 28.1 Å². The summed E-state index contributed by atoms with van der Waals surface area (Å²) in [6.07, 6.45) is 3.57. The van der Waals surface area contributed by atoms with Crippen molar-refractivity contribution in [2.45, 2.75) is 33.1 Å². The topological polar surface area (TPSA) is 42.3 Å². The van der Waals surface area contributed by atoms with Gasteiger partial charge >= 0.3 is 0 Å². The third kappa shape index (κ3) is 3.25. The maximum atomic E-state index is 11.5. The van der Waals surface area contributed by atoms with Crippen molar-refractivity contribution < 1.29 is 4.79 Å². The molecule has 1 heterocycles. The first-order valence-electron chi connectivity index (χ1n) is 6.66. The first kappa shape index (κ1) is 13.4. The molecular formula is C16H18N2O. The summed E-state index contributed by atoms with van der Waals surface area (Å²) >= 11 is 0. The van der Waals surface area contributed by atoms with Gasteiger partial charge in [0, 0.05) is 30.1 Å². The van der Waals surface area contributed by atoms with Crippen LogP contribution in [0.1, 0.15) is 33.1 Å². The minimum atomic E-state index is 0.235. The molecule has 0 N–H and O–H groups in total. The quantitative estimate of drug-likeness (QED) is 0.754. The molecule has 3 heteroatoms. The summed E-state index contributed by atoms with van der Waals surface area (Å²) in [6.45, 7) is 3.92. The third-order valence-corrected chi connectivity index (χ3v) is 3.11. The van der Waals surface area contributed by atoms with Gasteiger partial charge < -0.3 is 0 Å². The van der Waals surface area contributed by atoms with E-state index in [1.54, 1.807) is 6.20 Å². The summed E-state index contributed by atoms with van der Waals surface area (Å²) in [7, 11) is 0. The molecule has 0 fully saturated rings. The number of carbonyl (C=O) groups excluding carboxylic acids is 1. The van der Waals surface area contributed by atoms with Gasteiger partial charge in [-0.3, -0.25) is 14.8 Å². The molecule has 1 aromatic heterocycles. The van der Waals surface area contributed by atoms with Gasteiger partial charge in [0.25, 0.3) is 0 Å². The lowest BCUT2D eigenvalue weighted by Crippen LogP contribution is -2.05. The zero-order valence-corrected chi connectivity index (χ0v) is 11.4. The summed E-state index contributed by atoms with van der Waals surface area (Å²) in [6, 6.07) is 9.82. The number of para-hydroxylation sites is 1. The molecular weight excluding hydrogens is 236 g/mol. The maximum absolute atomic E-state index is 11.5. The Morgan fingerprint density at radius 2 is 1.95 bits per heavy atom. The molecule has 0 spiro atoms. The van der Waals surface area contributed by atoms with Crippen LogP contribution in [-0.4, -0.2) is 16.5 Å². The van der Waals surface area contributed by atoms with E-state index in [1.165, 1.54) is 0 Å². The second kappa shape index (κ2) is 6.23. The van der Waals surface area contributed by atoms with E-state index in [2.05, 4.69) is 9.98 Å². The van der Waals surface area contributed by atoms with E-state index in [9.17, 15) is 4.79 Å². The fraction of sp³-hybridized carbons (Fsp3) is 0.312. The molecule has 3 nitrogen and oxygen atoms in total. The third-order valence-electron chi connectivity index (χ3n) is 3.11. The normalized spacial score (nSPS) is 11.8. The molecule has 19 heavy (non-hydrogen) atoms. The Morgan fingerprint density at radius 3 is 2.68 bits per heavy atom. The van der Waals surface area contributed by atoms with Gasteiger partial charge in [0.05, 0.1) is 11.2 Å². The van der Waals surface area contributed by atoms with Crippen LogP contribution in [-0.2, 0) is 4.79 Å². The predicted molar refractivity (Wildman–Crippen MR) is 79.0 cm³/mol. The minimum absolute atomic E-state index is 0.235. The summed E-state index contributed by atoms with van der Waals surface area (Å²) in [5.41, 5.74) is 2.76. The lowest BCUT2D eigenvalue weighted by molar-refractivity contribution is -0.117. The Balaban J connectivity index is 2.40. The molecule has 1 aromatic carbocycles. The highest BCUT2D eigenvalue weighted by Crippen LogP contribution is 2.24. The Bertz CT molecular complexity index is 612. The van der Waals surface area contributed by atoms with E-state index in [-0.39, 0.29) is 5.78 Å². The van der Waals surface area contributed by atoms with Gasteiger partial charge in [-0.25, -0.2) is 0 Å². The minimum Gasteiger partial charge on any atom is -0.299 e. The number of pyridine rings is 1. The highest BCUT2D eigenvalue weighted by molar-refractivity contribution is 6.04. The standard InChI is InChI=1S/C16H18N2O/c1-3-12(11-13(19)4-2)18-16-9-10-17-15-8-6-5-7-14(15)16/h5-10H,3-4,11H2,1-2H3/b18-12-. The van der Waals surface area contributed by atoms with Crippen molar-refractivity contribution in [1.82, 2.24) is 4.98 Å². The summed E-state index contributed by atoms with van der Waals surface area (Å²) in [5.74, 6) is 0.235. The zero-order valence-electron chi connectivity index (χ0n) is 11.4. The highest BCUT2D eigenvalue weighted by Gasteiger charge is 2.06. The average molecular weight is 254 g/mol. The number of fused-ring (bicyclic) bond motifs is 1. The van der Waals surface area contributed by atoms with Crippen LogP contribution in [0.25, 0.3) is 10.9 Å². The molecule has 0 bridgehead atoms. The van der Waals surface area contributed by atoms with Crippen molar-refractivity contribution in [2.24, 2.45) is 4.99 Å². The molecule has 0 amide bonds. The van der Waals surface area contributed by atoms with Crippen molar-refractivity contribution in [3.63, 3.8) is 0 Å². The van der Waals surface area contributed by atoms with E-state index in [4.69, 9.17) is 0 Å². The number of nitrogens with zero attached hydrogens (tertiary/aromatic N) is 2. The van der Waals surface area contributed by atoms with Crippen LogP contribution in [0.3, 0.4) is 0 Å². The van der Waals surface area contributed by atoms with Gasteiger partial charge in [-0.1, -0.05) is 32.0 Å². The largest absolute Gasteiger partial charge is 0.299 e. The molecule has 0 unspecified atom stereocenters. The number of carbonyl (C=O) groups is 1. The van der Waals surface area contributed by atoms with Crippen LogP contribution >= 0.6 is 0 Å². The van der Waals surface area contributed by atoms with Crippen LogP contribution in [0.4, 0.5) is 5.69 Å².